The van der Waals surface area contributed by atoms with Crippen LogP contribution < -0.4 is 0 Å². The summed E-state index contributed by atoms with van der Waals surface area (Å²) in [7, 11) is 0. The number of benzene rings is 2. The van der Waals surface area contributed by atoms with Crippen molar-refractivity contribution in [2.45, 2.75) is 6.61 Å². The predicted octanol–water partition coefficient (Wildman–Crippen LogP) is 3.30. The molecule has 86 valence electrons. The summed E-state index contributed by atoms with van der Waals surface area (Å²) in [5.41, 5.74) is 2.23. The van der Waals surface area contributed by atoms with Gasteiger partial charge in [0.1, 0.15) is 5.75 Å². The zero-order valence-electron chi connectivity index (χ0n) is 9.11. The van der Waals surface area contributed by atoms with Gasteiger partial charge in [0.25, 0.3) is 0 Å². The molecule has 0 saturated carbocycles. The van der Waals surface area contributed by atoms with Crippen molar-refractivity contribution in [3.63, 3.8) is 0 Å². The molecule has 17 heavy (non-hydrogen) atoms. The van der Waals surface area contributed by atoms with Crippen molar-refractivity contribution < 1.29 is 10.2 Å². The minimum absolute atomic E-state index is 0.0232. The number of aromatic hydroxyl groups is 1. The molecule has 0 saturated heterocycles. The van der Waals surface area contributed by atoms with Crippen LogP contribution in [0.5, 0.6) is 5.75 Å². The number of phenolic OH excluding ortho intramolecular Hbond substituents is 1. The van der Waals surface area contributed by atoms with E-state index in [4.69, 9.17) is 10.2 Å². The predicted molar refractivity (Wildman–Crippen MR) is 64.6 cm³/mol. The minimum Gasteiger partial charge on any atom is -0.508 e. The minimum atomic E-state index is 0.0232. The second-order valence-electron chi connectivity index (χ2n) is 3.54. The summed E-state index contributed by atoms with van der Waals surface area (Å²) in [5.74, 6) is 0.205. The second kappa shape index (κ2) is 5.23. The Morgan fingerprint density at radius 2 is 1.24 bits per heavy atom. The van der Waals surface area contributed by atoms with E-state index in [1.165, 1.54) is 0 Å². The summed E-state index contributed by atoms with van der Waals surface area (Å²) in [6, 6.07) is 13.6. The molecule has 2 N–H and O–H groups in total. The summed E-state index contributed by atoms with van der Waals surface area (Å²) in [6.07, 6.45) is 0. The Morgan fingerprint density at radius 1 is 0.765 bits per heavy atom. The van der Waals surface area contributed by atoms with Gasteiger partial charge in [-0.3, -0.25) is 0 Å². The molecule has 0 heterocycles. The van der Waals surface area contributed by atoms with Gasteiger partial charge in [-0.2, -0.15) is 10.2 Å². The third kappa shape index (κ3) is 3.12. The number of aliphatic hydroxyl groups is 1. The van der Waals surface area contributed by atoms with E-state index in [0.29, 0.717) is 5.69 Å². The molecule has 0 atom stereocenters. The third-order valence-electron chi connectivity index (χ3n) is 2.25. The first-order chi connectivity index (χ1) is 8.28. The summed E-state index contributed by atoms with van der Waals surface area (Å²) < 4.78 is 0. The lowest BCUT2D eigenvalue weighted by Gasteiger charge is -1.96. The molecule has 4 heteroatoms. The molecule has 0 aliphatic rings. The molecule has 0 radical (unpaired) electrons. The molecular formula is C13H12N2O2. The Balaban J connectivity index is 2.11. The molecule has 4 nitrogen and oxygen atoms in total. The van der Waals surface area contributed by atoms with E-state index in [1.54, 1.807) is 48.5 Å². The number of azo groups is 1. The molecule has 2 aromatic rings. The van der Waals surface area contributed by atoms with Crippen LogP contribution in [0.15, 0.2) is 58.8 Å². The van der Waals surface area contributed by atoms with Crippen LogP contribution in [0.25, 0.3) is 0 Å². The van der Waals surface area contributed by atoms with Crippen molar-refractivity contribution in [3.05, 3.63) is 54.1 Å². The number of hydrogen-bond acceptors (Lipinski definition) is 4. The number of rotatable bonds is 3. The topological polar surface area (TPSA) is 65.2 Å². The molecular weight excluding hydrogens is 216 g/mol. The first-order valence-corrected chi connectivity index (χ1v) is 5.18. The SMILES string of the molecule is OCc1ccc(N=Nc2ccc(O)cc2)cc1. The van der Waals surface area contributed by atoms with Gasteiger partial charge in [-0.25, -0.2) is 0 Å². The number of nitrogens with zero attached hydrogens (tertiary/aromatic N) is 2. The third-order valence-corrected chi connectivity index (χ3v) is 2.25. The highest BCUT2D eigenvalue weighted by Gasteiger charge is 1.93. The van der Waals surface area contributed by atoms with E-state index in [1.807, 2.05) is 0 Å². The maximum atomic E-state index is 9.10. The Kier molecular flexibility index (Phi) is 3.47. The summed E-state index contributed by atoms with van der Waals surface area (Å²) >= 11 is 0. The van der Waals surface area contributed by atoms with Crippen molar-refractivity contribution in [2.75, 3.05) is 0 Å². The summed E-state index contributed by atoms with van der Waals surface area (Å²) in [6.45, 7) is 0.0232. The van der Waals surface area contributed by atoms with Gasteiger partial charge in [0, 0.05) is 0 Å². The number of phenols is 1. The molecule has 2 aromatic carbocycles. The molecule has 0 spiro atoms. The normalized spacial score (nSPS) is 10.9. The summed E-state index contributed by atoms with van der Waals surface area (Å²) in [5, 5.41) is 26.1. The quantitative estimate of drug-likeness (QED) is 0.791. The van der Waals surface area contributed by atoms with Gasteiger partial charge in [0.05, 0.1) is 18.0 Å². The fourth-order valence-electron chi connectivity index (χ4n) is 1.30. The molecule has 0 aliphatic carbocycles. The largest absolute Gasteiger partial charge is 0.508 e. The average molecular weight is 228 g/mol. The van der Waals surface area contributed by atoms with Crippen LogP contribution in [-0.4, -0.2) is 10.2 Å². The van der Waals surface area contributed by atoms with Gasteiger partial charge in [-0.1, -0.05) is 12.1 Å². The van der Waals surface area contributed by atoms with Crippen LogP contribution in [0.2, 0.25) is 0 Å². The van der Waals surface area contributed by atoms with E-state index in [0.717, 1.165) is 11.3 Å². The van der Waals surface area contributed by atoms with Gasteiger partial charge >= 0.3 is 0 Å². The summed E-state index contributed by atoms with van der Waals surface area (Å²) in [4.78, 5) is 0. The Hall–Kier alpha value is -2.20. The van der Waals surface area contributed by atoms with Gasteiger partial charge in [0.2, 0.25) is 0 Å². The molecule has 2 rings (SSSR count). The van der Waals surface area contributed by atoms with Crippen molar-refractivity contribution >= 4 is 11.4 Å². The van der Waals surface area contributed by atoms with Crippen LogP contribution >= 0.6 is 0 Å². The lowest BCUT2D eigenvalue weighted by Crippen LogP contribution is -1.79. The zero-order chi connectivity index (χ0) is 12.1. The number of hydrogen-bond donors (Lipinski definition) is 2. The second-order valence-corrected chi connectivity index (χ2v) is 3.54. The van der Waals surface area contributed by atoms with E-state index < -0.39 is 0 Å². The fourth-order valence-corrected chi connectivity index (χ4v) is 1.30. The van der Waals surface area contributed by atoms with E-state index in [-0.39, 0.29) is 12.4 Å². The van der Waals surface area contributed by atoms with Gasteiger partial charge in [0.15, 0.2) is 0 Å². The highest BCUT2D eigenvalue weighted by molar-refractivity contribution is 5.42. The molecule has 0 fully saturated rings. The smallest absolute Gasteiger partial charge is 0.115 e. The van der Waals surface area contributed by atoms with Gasteiger partial charge in [-0.15, -0.1) is 0 Å². The van der Waals surface area contributed by atoms with Gasteiger partial charge < -0.3 is 10.2 Å². The van der Waals surface area contributed by atoms with E-state index in [9.17, 15) is 0 Å². The van der Waals surface area contributed by atoms with Crippen molar-refractivity contribution in [1.29, 1.82) is 0 Å². The molecule has 0 bridgehead atoms. The lowest BCUT2D eigenvalue weighted by molar-refractivity contribution is 0.282. The maximum absolute atomic E-state index is 9.10. The first kappa shape index (κ1) is 11.3. The fraction of sp³-hybridized carbons (Fsp3) is 0.0769. The highest BCUT2D eigenvalue weighted by Crippen LogP contribution is 2.20. The van der Waals surface area contributed by atoms with E-state index in [2.05, 4.69) is 10.2 Å². The maximum Gasteiger partial charge on any atom is 0.115 e. The molecule has 0 amide bonds. The zero-order valence-corrected chi connectivity index (χ0v) is 9.11. The van der Waals surface area contributed by atoms with Crippen molar-refractivity contribution in [2.24, 2.45) is 10.2 Å². The average Bonchev–Trinajstić information content (AvgIpc) is 2.39. The standard InChI is InChI=1S/C13H12N2O2/c16-9-10-1-3-11(4-2-10)14-15-12-5-7-13(17)8-6-12/h1-8,16-17H,9H2. The van der Waals surface area contributed by atoms with Crippen molar-refractivity contribution in [3.8, 4) is 5.75 Å². The van der Waals surface area contributed by atoms with Crippen LogP contribution in [0.1, 0.15) is 5.56 Å². The monoisotopic (exact) mass is 228 g/mol. The van der Waals surface area contributed by atoms with E-state index >= 15 is 0 Å². The van der Waals surface area contributed by atoms with Crippen LogP contribution in [0, 0.1) is 0 Å². The van der Waals surface area contributed by atoms with Crippen LogP contribution in [0.4, 0.5) is 11.4 Å². The molecule has 0 aromatic heterocycles. The van der Waals surface area contributed by atoms with Crippen LogP contribution in [-0.2, 0) is 6.61 Å². The first-order valence-electron chi connectivity index (χ1n) is 5.18. The Morgan fingerprint density at radius 3 is 1.71 bits per heavy atom. The van der Waals surface area contributed by atoms with Crippen LogP contribution in [0.3, 0.4) is 0 Å². The van der Waals surface area contributed by atoms with Gasteiger partial charge in [-0.05, 0) is 42.0 Å². The molecule has 0 aliphatic heterocycles. The molecule has 0 unspecified atom stereocenters. The number of aliphatic hydroxyl groups excluding tert-OH is 1. The Labute approximate surface area is 98.9 Å². The lowest BCUT2D eigenvalue weighted by atomic mass is 10.2. The van der Waals surface area contributed by atoms with Crippen molar-refractivity contribution in [1.82, 2.24) is 0 Å². The highest BCUT2D eigenvalue weighted by atomic mass is 16.3. The Bertz CT molecular complexity index is 504.